The van der Waals surface area contributed by atoms with Crippen LogP contribution in [0.3, 0.4) is 0 Å². The van der Waals surface area contributed by atoms with Crippen LogP contribution in [0.4, 0.5) is 0 Å². The summed E-state index contributed by atoms with van der Waals surface area (Å²) >= 11 is 0. The molecule has 0 radical (unpaired) electrons. The monoisotopic (exact) mass is 489 g/mol. The van der Waals surface area contributed by atoms with Gasteiger partial charge in [-0.15, -0.1) is 0 Å². The lowest BCUT2D eigenvalue weighted by Gasteiger charge is -2.26. The van der Waals surface area contributed by atoms with E-state index in [9.17, 15) is 10.0 Å². The SMILES string of the molecule is C[N+](C)(C)C.[O-]B(O)Oc1c(-c2ccccc2)c(-c2ccccc2)c(-c2ccccc2)c2ccccc12. The minimum absolute atomic E-state index is 0.382. The molecule has 0 aliphatic rings. The number of hydrogen-bond acceptors (Lipinski definition) is 3. The Morgan fingerprint density at radius 3 is 1.32 bits per heavy atom. The first-order chi connectivity index (χ1) is 17.7. The van der Waals surface area contributed by atoms with E-state index in [1.807, 2.05) is 91.0 Å². The molecule has 5 aromatic rings. The Labute approximate surface area is 219 Å². The van der Waals surface area contributed by atoms with Crippen LogP contribution < -0.4 is 9.68 Å². The Kier molecular flexibility index (Phi) is 8.09. The zero-order valence-electron chi connectivity index (χ0n) is 21.8. The molecule has 0 amide bonds. The van der Waals surface area contributed by atoms with Crippen LogP contribution in [0.1, 0.15) is 0 Å². The summed E-state index contributed by atoms with van der Waals surface area (Å²) in [4.78, 5) is 0. The van der Waals surface area contributed by atoms with Crippen LogP contribution in [0.5, 0.6) is 5.75 Å². The summed E-state index contributed by atoms with van der Waals surface area (Å²) in [6.07, 6.45) is 0. The first-order valence-electron chi connectivity index (χ1n) is 12.3. The number of benzene rings is 5. The molecule has 0 atom stereocenters. The first-order valence-corrected chi connectivity index (χ1v) is 12.3. The van der Waals surface area contributed by atoms with E-state index in [1.165, 1.54) is 0 Å². The van der Waals surface area contributed by atoms with Gasteiger partial charge in [-0.25, -0.2) is 0 Å². The van der Waals surface area contributed by atoms with Gasteiger partial charge in [0.1, 0.15) is 5.75 Å². The van der Waals surface area contributed by atoms with E-state index in [0.29, 0.717) is 5.75 Å². The Balaban J connectivity index is 0.000000586. The van der Waals surface area contributed by atoms with Crippen LogP contribution in [0.2, 0.25) is 0 Å². The standard InChI is InChI=1S/C28H20BO3.C4H12N/c30-29(31)32-28-24-19-11-10-18-23(24)25(20-12-4-1-5-13-20)26(21-14-6-2-7-15-21)27(28)22-16-8-3-9-17-22;1-5(2,3)4/h1-19,30H;1-4H3/q-1;+1. The smallest absolute Gasteiger partial charge is 0.415 e. The highest BCUT2D eigenvalue weighted by Gasteiger charge is 2.24. The second-order valence-corrected chi connectivity index (χ2v) is 10.2. The van der Waals surface area contributed by atoms with Crippen molar-refractivity contribution in [2.24, 2.45) is 0 Å². The van der Waals surface area contributed by atoms with Crippen molar-refractivity contribution in [1.29, 1.82) is 0 Å². The lowest BCUT2D eigenvalue weighted by Crippen LogP contribution is -2.37. The highest BCUT2D eigenvalue weighted by molar-refractivity contribution is 6.32. The minimum Gasteiger partial charge on any atom is -0.820 e. The summed E-state index contributed by atoms with van der Waals surface area (Å²) in [6, 6.07) is 38.0. The fourth-order valence-electron chi connectivity index (χ4n) is 4.31. The number of hydrogen-bond donors (Lipinski definition) is 1. The molecule has 0 saturated carbocycles. The Morgan fingerprint density at radius 1 is 0.541 bits per heavy atom. The molecule has 186 valence electrons. The van der Waals surface area contributed by atoms with E-state index in [0.717, 1.165) is 48.6 Å². The molecule has 4 nitrogen and oxygen atoms in total. The molecule has 5 rings (SSSR count). The van der Waals surface area contributed by atoms with Gasteiger partial charge in [0.15, 0.2) is 0 Å². The molecular weight excluding hydrogens is 457 g/mol. The topological polar surface area (TPSA) is 52.5 Å². The maximum atomic E-state index is 11.9. The lowest BCUT2D eigenvalue weighted by molar-refractivity contribution is -0.849. The van der Waals surface area contributed by atoms with Gasteiger partial charge in [-0.05, 0) is 27.6 Å². The van der Waals surface area contributed by atoms with Crippen LogP contribution in [-0.4, -0.2) is 45.0 Å². The Bertz CT molecular complexity index is 1440. The predicted octanol–water partition coefficient (Wildman–Crippen LogP) is 5.88. The van der Waals surface area contributed by atoms with Crippen LogP contribution in [0, 0.1) is 0 Å². The minimum atomic E-state index is -2.19. The van der Waals surface area contributed by atoms with Crippen LogP contribution in [0.15, 0.2) is 115 Å². The largest absolute Gasteiger partial charge is 0.820 e. The van der Waals surface area contributed by atoms with Crippen molar-refractivity contribution in [2.75, 3.05) is 28.2 Å². The van der Waals surface area contributed by atoms with Gasteiger partial charge in [0.2, 0.25) is 0 Å². The molecule has 1 N–H and O–H groups in total. The van der Waals surface area contributed by atoms with Crippen LogP contribution in [-0.2, 0) is 0 Å². The van der Waals surface area contributed by atoms with Gasteiger partial charge in [-0.3, -0.25) is 0 Å². The quantitative estimate of drug-likeness (QED) is 0.248. The Hall–Kier alpha value is -3.90. The van der Waals surface area contributed by atoms with Crippen molar-refractivity contribution in [2.45, 2.75) is 0 Å². The average Bonchev–Trinajstić information content (AvgIpc) is 2.88. The summed E-state index contributed by atoms with van der Waals surface area (Å²) < 4.78 is 6.57. The molecule has 5 aromatic carbocycles. The third-order valence-electron chi connectivity index (χ3n) is 5.57. The second-order valence-electron chi connectivity index (χ2n) is 10.2. The molecule has 0 spiro atoms. The van der Waals surface area contributed by atoms with Gasteiger partial charge in [0, 0.05) is 16.5 Å². The van der Waals surface area contributed by atoms with Crippen molar-refractivity contribution >= 4 is 18.1 Å². The first kappa shape index (κ1) is 26.2. The van der Waals surface area contributed by atoms with Gasteiger partial charge >= 0.3 is 7.32 Å². The molecular formula is C32H32BNO3. The molecule has 0 aliphatic carbocycles. The van der Waals surface area contributed by atoms with E-state index in [-0.39, 0.29) is 0 Å². The van der Waals surface area contributed by atoms with Crippen molar-refractivity contribution in [3.63, 3.8) is 0 Å². The molecule has 5 heteroatoms. The molecule has 0 bridgehead atoms. The predicted molar refractivity (Wildman–Crippen MR) is 153 cm³/mol. The van der Waals surface area contributed by atoms with E-state index in [2.05, 4.69) is 52.5 Å². The maximum absolute atomic E-state index is 11.9. The third-order valence-corrected chi connectivity index (χ3v) is 5.57. The number of rotatable bonds is 5. The summed E-state index contributed by atoms with van der Waals surface area (Å²) in [5.74, 6) is 0.382. The molecule has 0 heterocycles. The van der Waals surface area contributed by atoms with Crippen molar-refractivity contribution in [3.05, 3.63) is 115 Å². The summed E-state index contributed by atoms with van der Waals surface area (Å²) in [7, 11) is 6.31. The molecule has 0 unspecified atom stereocenters. The average molecular weight is 489 g/mol. The van der Waals surface area contributed by atoms with Crippen molar-refractivity contribution < 1.29 is 19.2 Å². The van der Waals surface area contributed by atoms with Gasteiger partial charge in [-0.2, -0.15) is 0 Å². The summed E-state index contributed by atoms with van der Waals surface area (Å²) in [5.41, 5.74) is 5.76. The number of fused-ring (bicyclic) bond motifs is 1. The summed E-state index contributed by atoms with van der Waals surface area (Å²) in [6.45, 7) is 0. The number of quaternary nitrogens is 1. The fraction of sp³-hybridized carbons (Fsp3) is 0.125. The molecule has 0 saturated heterocycles. The molecule has 37 heavy (non-hydrogen) atoms. The van der Waals surface area contributed by atoms with E-state index in [1.54, 1.807) is 0 Å². The highest BCUT2D eigenvalue weighted by atomic mass is 16.6. The lowest BCUT2D eigenvalue weighted by atomic mass is 9.83. The highest BCUT2D eigenvalue weighted by Crippen LogP contribution is 2.50. The fourth-order valence-corrected chi connectivity index (χ4v) is 4.31. The third kappa shape index (κ3) is 6.46. The van der Waals surface area contributed by atoms with Gasteiger partial charge in [-0.1, -0.05) is 115 Å². The van der Waals surface area contributed by atoms with Gasteiger partial charge in [0.25, 0.3) is 0 Å². The number of nitrogens with zero attached hydrogens (tertiary/aromatic N) is 1. The molecule has 0 fully saturated rings. The Morgan fingerprint density at radius 2 is 0.892 bits per heavy atom. The van der Waals surface area contributed by atoms with Crippen molar-refractivity contribution in [1.82, 2.24) is 0 Å². The van der Waals surface area contributed by atoms with Gasteiger partial charge < -0.3 is 19.2 Å². The van der Waals surface area contributed by atoms with E-state index < -0.39 is 7.32 Å². The second kappa shape index (κ2) is 11.4. The normalized spacial score (nSPS) is 11.0. The maximum Gasteiger partial charge on any atom is 0.415 e. The van der Waals surface area contributed by atoms with Crippen LogP contribution in [0.25, 0.3) is 44.2 Å². The zero-order chi connectivity index (χ0) is 26.4. The van der Waals surface area contributed by atoms with Crippen LogP contribution >= 0.6 is 0 Å². The van der Waals surface area contributed by atoms with Gasteiger partial charge in [0.05, 0.1) is 28.2 Å². The van der Waals surface area contributed by atoms with E-state index in [4.69, 9.17) is 4.65 Å². The van der Waals surface area contributed by atoms with Crippen molar-refractivity contribution in [3.8, 4) is 39.1 Å². The molecule has 0 aromatic heterocycles. The van der Waals surface area contributed by atoms with E-state index >= 15 is 0 Å². The zero-order valence-corrected chi connectivity index (χ0v) is 21.8. The summed E-state index contributed by atoms with van der Waals surface area (Å²) in [5, 5.41) is 23.3. The molecule has 0 aliphatic heterocycles.